The Hall–Kier alpha value is -2.14. The molecule has 3 rings (SSSR count). The molecule has 0 saturated carbocycles. The van der Waals surface area contributed by atoms with E-state index in [1.807, 2.05) is 4.90 Å². The first-order valence-corrected chi connectivity index (χ1v) is 10.9. The molecule has 2 amide bonds. The minimum absolute atomic E-state index is 0.0170. The lowest BCUT2D eigenvalue weighted by molar-refractivity contribution is 0.208. The van der Waals surface area contributed by atoms with Crippen LogP contribution in [0.3, 0.4) is 0 Å². The van der Waals surface area contributed by atoms with E-state index in [4.69, 9.17) is 0 Å². The van der Waals surface area contributed by atoms with Crippen LogP contribution in [0.15, 0.2) is 47.4 Å². The molecule has 0 radical (unpaired) electrons. The Bertz CT molecular complexity index is 763. The number of carbonyl (C=O) groups excluding carboxylic acids is 1. The zero-order valence-electron chi connectivity index (χ0n) is 16.5. The van der Waals surface area contributed by atoms with E-state index in [0.717, 1.165) is 44.7 Å². The van der Waals surface area contributed by atoms with Gasteiger partial charge in [-0.3, -0.25) is 0 Å². The van der Waals surface area contributed by atoms with Crippen molar-refractivity contribution in [3.63, 3.8) is 0 Å². The normalized spacial score (nSPS) is 14.3. The number of benzene rings is 2. The Morgan fingerprint density at radius 1 is 0.963 bits per heavy atom. The molecule has 144 valence electrons. The monoisotopic (exact) mass is 383 g/mol. The molecule has 1 heterocycles. The van der Waals surface area contributed by atoms with Crippen molar-refractivity contribution >= 4 is 29.2 Å². The molecular weight excluding hydrogens is 354 g/mol. The summed E-state index contributed by atoms with van der Waals surface area (Å²) in [6, 6.07) is 14.8. The summed E-state index contributed by atoms with van der Waals surface area (Å²) in [4.78, 5) is 18.5. The van der Waals surface area contributed by atoms with E-state index in [0.29, 0.717) is 0 Å². The summed E-state index contributed by atoms with van der Waals surface area (Å²) in [5.41, 5.74) is 4.68. The molecule has 1 fully saturated rings. The lowest BCUT2D eigenvalue weighted by Gasteiger charge is -2.37. The maximum Gasteiger partial charge on any atom is 0.321 e. The topological polar surface area (TPSA) is 35.6 Å². The summed E-state index contributed by atoms with van der Waals surface area (Å²) >= 11 is 1.77. The molecule has 4 nitrogen and oxygen atoms in total. The lowest BCUT2D eigenvalue weighted by Crippen LogP contribution is -2.50. The number of hydrogen-bond donors (Lipinski definition) is 1. The van der Waals surface area contributed by atoms with Crippen LogP contribution in [0.25, 0.3) is 0 Å². The number of thioether (sulfide) groups is 1. The third kappa shape index (κ3) is 4.41. The number of piperazine rings is 1. The van der Waals surface area contributed by atoms with E-state index in [1.165, 1.54) is 21.7 Å². The van der Waals surface area contributed by atoms with Crippen LogP contribution in [0.4, 0.5) is 16.2 Å². The van der Waals surface area contributed by atoms with Gasteiger partial charge in [0.25, 0.3) is 0 Å². The van der Waals surface area contributed by atoms with Gasteiger partial charge in [0, 0.05) is 36.8 Å². The van der Waals surface area contributed by atoms with Crippen LogP contribution in [0.1, 0.15) is 25.0 Å². The van der Waals surface area contributed by atoms with Crippen LogP contribution >= 0.6 is 11.8 Å². The van der Waals surface area contributed by atoms with Gasteiger partial charge < -0.3 is 15.1 Å². The number of amides is 2. The number of carbonyl (C=O) groups is 1. The summed E-state index contributed by atoms with van der Waals surface area (Å²) < 4.78 is 0. The molecule has 1 aliphatic heterocycles. The Morgan fingerprint density at radius 2 is 1.59 bits per heavy atom. The minimum Gasteiger partial charge on any atom is -0.367 e. The number of urea groups is 1. The van der Waals surface area contributed by atoms with Crippen LogP contribution in [0.5, 0.6) is 0 Å². The van der Waals surface area contributed by atoms with Gasteiger partial charge in [0.05, 0.1) is 5.69 Å². The average Bonchev–Trinajstić information content (AvgIpc) is 2.73. The maximum absolute atomic E-state index is 12.9. The van der Waals surface area contributed by atoms with Gasteiger partial charge in [-0.2, -0.15) is 0 Å². The fraction of sp³-hybridized carbons (Fsp3) is 0.409. The van der Waals surface area contributed by atoms with Gasteiger partial charge in [-0.1, -0.05) is 44.2 Å². The van der Waals surface area contributed by atoms with Crippen molar-refractivity contribution in [3.8, 4) is 0 Å². The molecule has 1 aliphatic rings. The average molecular weight is 384 g/mol. The van der Waals surface area contributed by atoms with Crippen LogP contribution in [-0.4, -0.2) is 43.4 Å². The summed E-state index contributed by atoms with van der Waals surface area (Å²) in [5.74, 6) is 0. The molecule has 1 saturated heterocycles. The Morgan fingerprint density at radius 3 is 2.19 bits per heavy atom. The summed E-state index contributed by atoms with van der Waals surface area (Å²) in [5, 5.41) is 3.19. The van der Waals surface area contributed by atoms with Gasteiger partial charge in [0.1, 0.15) is 0 Å². The van der Waals surface area contributed by atoms with Gasteiger partial charge in [-0.25, -0.2) is 4.79 Å². The second-order valence-electron chi connectivity index (χ2n) is 6.73. The molecule has 0 unspecified atom stereocenters. The van der Waals surface area contributed by atoms with Crippen LogP contribution in [-0.2, 0) is 12.8 Å². The number of anilines is 2. The molecule has 0 bridgehead atoms. The first-order valence-electron chi connectivity index (χ1n) is 9.72. The number of hydrogen-bond acceptors (Lipinski definition) is 3. The number of nitrogens with one attached hydrogen (secondary N) is 1. The third-order valence-electron chi connectivity index (χ3n) is 5.22. The van der Waals surface area contributed by atoms with Crippen molar-refractivity contribution in [2.45, 2.75) is 31.6 Å². The standard InChI is InChI=1S/C22H29N3OS/c1-4-17-9-8-10-18(5-2)21(17)23-22(26)25-15-13-24(14-16-25)19-11-6-7-12-20(19)27-3/h6-12H,4-5,13-16H2,1-3H3,(H,23,26). The first kappa shape index (κ1) is 19.6. The van der Waals surface area contributed by atoms with Crippen LogP contribution < -0.4 is 10.2 Å². The Labute approximate surface area is 166 Å². The molecular formula is C22H29N3OS. The van der Waals surface area contributed by atoms with Crippen molar-refractivity contribution in [2.24, 2.45) is 0 Å². The van der Waals surface area contributed by atoms with E-state index in [1.54, 1.807) is 11.8 Å². The minimum atomic E-state index is 0.0170. The molecule has 1 N–H and O–H groups in total. The SMILES string of the molecule is CCc1cccc(CC)c1NC(=O)N1CCN(c2ccccc2SC)CC1. The van der Waals surface area contributed by atoms with Crippen LogP contribution in [0.2, 0.25) is 0 Å². The summed E-state index contributed by atoms with van der Waals surface area (Å²) in [6.07, 6.45) is 3.95. The quantitative estimate of drug-likeness (QED) is 0.747. The molecule has 5 heteroatoms. The second-order valence-corrected chi connectivity index (χ2v) is 7.58. The highest BCUT2D eigenvalue weighted by atomic mass is 32.2. The number of aryl methyl sites for hydroxylation is 2. The molecule has 0 spiro atoms. The largest absolute Gasteiger partial charge is 0.367 e. The second kappa shape index (κ2) is 9.18. The number of nitrogens with zero attached hydrogens (tertiary/aromatic N) is 2. The smallest absolute Gasteiger partial charge is 0.321 e. The van der Waals surface area contributed by atoms with Crippen molar-refractivity contribution in [2.75, 3.05) is 42.7 Å². The Balaban J connectivity index is 1.66. The molecule has 0 aliphatic carbocycles. The zero-order valence-corrected chi connectivity index (χ0v) is 17.3. The summed E-state index contributed by atoms with van der Waals surface area (Å²) in [6.45, 7) is 7.47. The fourth-order valence-corrected chi connectivity index (χ4v) is 4.25. The fourth-order valence-electron chi connectivity index (χ4n) is 3.63. The maximum atomic E-state index is 12.9. The van der Waals surface area contributed by atoms with Crippen LogP contribution in [0, 0.1) is 0 Å². The van der Waals surface area contributed by atoms with Gasteiger partial charge in [-0.15, -0.1) is 11.8 Å². The van der Waals surface area contributed by atoms with Crippen molar-refractivity contribution < 1.29 is 4.79 Å². The van der Waals surface area contributed by atoms with Crippen molar-refractivity contribution in [3.05, 3.63) is 53.6 Å². The highest BCUT2D eigenvalue weighted by Crippen LogP contribution is 2.29. The Kier molecular flexibility index (Phi) is 6.67. The van der Waals surface area contributed by atoms with E-state index in [9.17, 15) is 4.79 Å². The molecule has 0 atom stereocenters. The molecule has 2 aromatic rings. The highest BCUT2D eigenvalue weighted by molar-refractivity contribution is 7.98. The molecule has 0 aromatic heterocycles. The predicted molar refractivity (Wildman–Crippen MR) is 116 cm³/mol. The van der Waals surface area contributed by atoms with Crippen molar-refractivity contribution in [1.82, 2.24) is 4.90 Å². The zero-order chi connectivity index (χ0) is 19.2. The first-order chi connectivity index (χ1) is 13.2. The van der Waals surface area contributed by atoms with E-state index >= 15 is 0 Å². The van der Waals surface area contributed by atoms with E-state index in [2.05, 4.69) is 72.8 Å². The van der Waals surface area contributed by atoms with E-state index in [-0.39, 0.29) is 6.03 Å². The molecule has 27 heavy (non-hydrogen) atoms. The van der Waals surface area contributed by atoms with Gasteiger partial charge in [0.2, 0.25) is 0 Å². The highest BCUT2D eigenvalue weighted by Gasteiger charge is 2.23. The molecule has 2 aromatic carbocycles. The van der Waals surface area contributed by atoms with Gasteiger partial charge >= 0.3 is 6.03 Å². The predicted octanol–water partition coefficient (Wildman–Crippen LogP) is 4.89. The van der Waals surface area contributed by atoms with E-state index < -0.39 is 0 Å². The third-order valence-corrected chi connectivity index (χ3v) is 6.01. The number of rotatable bonds is 5. The lowest BCUT2D eigenvalue weighted by atomic mass is 10.0. The number of para-hydroxylation sites is 2. The van der Waals surface area contributed by atoms with Crippen molar-refractivity contribution in [1.29, 1.82) is 0 Å². The summed E-state index contributed by atoms with van der Waals surface area (Å²) in [7, 11) is 0. The van der Waals surface area contributed by atoms with Gasteiger partial charge in [-0.05, 0) is 42.4 Å². The van der Waals surface area contributed by atoms with Gasteiger partial charge in [0.15, 0.2) is 0 Å².